The molecular weight excluding hydrogens is 356 g/mol. The van der Waals surface area contributed by atoms with Crippen molar-refractivity contribution in [2.45, 2.75) is 51.7 Å². The first kappa shape index (κ1) is 18.3. The molecule has 1 aliphatic rings. The summed E-state index contributed by atoms with van der Waals surface area (Å²) in [7, 11) is 0. The van der Waals surface area contributed by atoms with Gasteiger partial charge in [-0.2, -0.15) is 0 Å². The first-order valence-corrected chi connectivity index (χ1v) is 9.07. The number of amides is 1. The first-order valence-electron chi connectivity index (χ1n) is 8.28. The van der Waals surface area contributed by atoms with Crippen LogP contribution in [0.1, 0.15) is 39.2 Å². The van der Waals surface area contributed by atoms with E-state index in [9.17, 15) is 4.79 Å². The van der Waals surface area contributed by atoms with E-state index in [1.807, 2.05) is 20.8 Å². The van der Waals surface area contributed by atoms with Crippen LogP contribution in [0.15, 0.2) is 28.7 Å². The van der Waals surface area contributed by atoms with Gasteiger partial charge >= 0.3 is 6.09 Å². The Bertz CT molecular complexity index is 511. The highest BCUT2D eigenvalue weighted by atomic mass is 79.9. The predicted molar refractivity (Wildman–Crippen MR) is 96.7 cm³/mol. The molecule has 0 bridgehead atoms. The van der Waals surface area contributed by atoms with Gasteiger partial charge in [-0.05, 0) is 64.3 Å². The van der Waals surface area contributed by atoms with Crippen molar-refractivity contribution in [2.24, 2.45) is 0 Å². The predicted octanol–water partition coefficient (Wildman–Crippen LogP) is 3.98. The molecule has 0 radical (unpaired) electrons. The van der Waals surface area contributed by atoms with Gasteiger partial charge in [-0.3, -0.25) is 0 Å². The third-order valence-corrected chi connectivity index (χ3v) is 4.39. The molecule has 2 rings (SSSR count). The average molecular weight is 383 g/mol. The van der Waals surface area contributed by atoms with Crippen LogP contribution in [0.5, 0.6) is 0 Å². The summed E-state index contributed by atoms with van der Waals surface area (Å²) in [6, 6.07) is 8.66. The lowest BCUT2D eigenvalue weighted by Gasteiger charge is -2.33. The highest BCUT2D eigenvalue weighted by Crippen LogP contribution is 2.14. The second-order valence-corrected chi connectivity index (χ2v) is 8.08. The zero-order valence-corrected chi connectivity index (χ0v) is 15.9. The summed E-state index contributed by atoms with van der Waals surface area (Å²) in [4.78, 5) is 14.3. The average Bonchev–Trinajstić information content (AvgIpc) is 2.45. The fraction of sp³-hybridized carbons (Fsp3) is 0.611. The lowest BCUT2D eigenvalue weighted by Crippen LogP contribution is -2.49. The monoisotopic (exact) mass is 382 g/mol. The van der Waals surface area contributed by atoms with Gasteiger partial charge < -0.3 is 15.0 Å². The number of likely N-dealkylation sites (tertiary alicyclic amines) is 1. The van der Waals surface area contributed by atoms with Gasteiger partial charge in [0, 0.05) is 23.6 Å². The minimum atomic E-state index is -0.444. The second kappa shape index (κ2) is 8.15. The molecule has 0 spiro atoms. The van der Waals surface area contributed by atoms with E-state index in [0.29, 0.717) is 0 Å². The standard InChI is InChI=1S/C18H27BrN2O2/c1-18(2,3)23-17(22)20-16-5-4-11-21(13-16)12-10-14-6-8-15(19)9-7-14/h6-9,16H,4-5,10-13H2,1-3H3,(H,20,22)/t16-/m1/s1. The van der Waals surface area contributed by atoms with Crippen molar-refractivity contribution in [3.8, 4) is 0 Å². The van der Waals surface area contributed by atoms with Crippen LogP contribution >= 0.6 is 15.9 Å². The molecule has 1 aromatic rings. The number of piperidine rings is 1. The SMILES string of the molecule is CC(C)(C)OC(=O)N[C@@H]1CCCN(CCc2ccc(Br)cc2)C1. The summed E-state index contributed by atoms with van der Waals surface area (Å²) in [5.41, 5.74) is 0.899. The van der Waals surface area contributed by atoms with Crippen LogP contribution in [0.4, 0.5) is 4.79 Å². The first-order chi connectivity index (χ1) is 10.8. The Morgan fingerprint density at radius 3 is 2.70 bits per heavy atom. The number of nitrogens with one attached hydrogen (secondary N) is 1. The Kier molecular flexibility index (Phi) is 6.48. The summed E-state index contributed by atoms with van der Waals surface area (Å²) in [5.74, 6) is 0. The Morgan fingerprint density at radius 1 is 1.35 bits per heavy atom. The van der Waals surface area contributed by atoms with Gasteiger partial charge in [-0.15, -0.1) is 0 Å². The van der Waals surface area contributed by atoms with Crippen molar-refractivity contribution in [3.05, 3.63) is 34.3 Å². The summed E-state index contributed by atoms with van der Waals surface area (Å²) in [6.07, 6.45) is 2.86. The number of ether oxygens (including phenoxy) is 1. The van der Waals surface area contributed by atoms with Crippen molar-refractivity contribution in [1.82, 2.24) is 10.2 Å². The molecule has 23 heavy (non-hydrogen) atoms. The molecule has 1 heterocycles. The Morgan fingerprint density at radius 2 is 2.04 bits per heavy atom. The number of alkyl carbamates (subject to hydrolysis) is 1. The maximum atomic E-state index is 11.9. The fourth-order valence-electron chi connectivity index (χ4n) is 2.79. The van der Waals surface area contributed by atoms with Gasteiger partial charge in [-0.1, -0.05) is 28.1 Å². The Labute approximate surface area is 147 Å². The zero-order valence-electron chi connectivity index (χ0n) is 14.3. The normalized spacial score (nSPS) is 19.4. The van der Waals surface area contributed by atoms with E-state index in [2.05, 4.69) is 50.4 Å². The number of hydrogen-bond donors (Lipinski definition) is 1. The molecule has 128 valence electrons. The van der Waals surface area contributed by atoms with Gasteiger partial charge in [0.05, 0.1) is 0 Å². The number of carbonyl (C=O) groups is 1. The minimum absolute atomic E-state index is 0.184. The lowest BCUT2D eigenvalue weighted by molar-refractivity contribution is 0.0472. The van der Waals surface area contributed by atoms with Crippen molar-refractivity contribution in [2.75, 3.05) is 19.6 Å². The van der Waals surface area contributed by atoms with Crippen LogP contribution in [-0.4, -0.2) is 42.3 Å². The molecule has 5 heteroatoms. The molecule has 0 saturated carbocycles. The number of rotatable bonds is 4. The number of benzene rings is 1. The van der Waals surface area contributed by atoms with Crippen LogP contribution in [0.2, 0.25) is 0 Å². The molecule has 1 N–H and O–H groups in total. The molecule has 0 aliphatic carbocycles. The summed E-state index contributed by atoms with van der Waals surface area (Å²) < 4.78 is 6.46. The van der Waals surface area contributed by atoms with Crippen molar-refractivity contribution in [3.63, 3.8) is 0 Å². The van der Waals surface area contributed by atoms with E-state index in [-0.39, 0.29) is 12.1 Å². The minimum Gasteiger partial charge on any atom is -0.444 e. The second-order valence-electron chi connectivity index (χ2n) is 7.16. The number of carbonyl (C=O) groups excluding carboxylic acids is 1. The largest absolute Gasteiger partial charge is 0.444 e. The third kappa shape index (κ3) is 6.92. The lowest BCUT2D eigenvalue weighted by atomic mass is 10.0. The summed E-state index contributed by atoms with van der Waals surface area (Å²) in [6.45, 7) is 8.68. The molecule has 1 amide bonds. The maximum Gasteiger partial charge on any atom is 0.407 e. The van der Waals surface area contributed by atoms with Gasteiger partial charge in [0.15, 0.2) is 0 Å². The van der Waals surface area contributed by atoms with Gasteiger partial charge in [0.1, 0.15) is 5.60 Å². The molecule has 0 unspecified atom stereocenters. The fourth-order valence-corrected chi connectivity index (χ4v) is 3.05. The quantitative estimate of drug-likeness (QED) is 0.855. The van der Waals surface area contributed by atoms with E-state index >= 15 is 0 Å². The number of halogens is 1. The molecule has 1 aliphatic heterocycles. The van der Waals surface area contributed by atoms with Gasteiger partial charge in [0.25, 0.3) is 0 Å². The van der Waals surface area contributed by atoms with Crippen molar-refractivity contribution < 1.29 is 9.53 Å². The molecule has 1 atom stereocenters. The molecule has 1 aromatic carbocycles. The van der Waals surface area contributed by atoms with Crippen LogP contribution in [0.3, 0.4) is 0 Å². The van der Waals surface area contributed by atoms with Crippen LogP contribution in [0.25, 0.3) is 0 Å². The molecule has 0 aromatic heterocycles. The zero-order chi connectivity index (χ0) is 16.9. The topological polar surface area (TPSA) is 41.6 Å². The van der Waals surface area contributed by atoms with E-state index in [1.165, 1.54) is 5.56 Å². The van der Waals surface area contributed by atoms with Gasteiger partial charge in [-0.25, -0.2) is 4.79 Å². The summed E-state index contributed by atoms with van der Waals surface area (Å²) in [5, 5.41) is 3.00. The maximum absolute atomic E-state index is 11.9. The van der Waals surface area contributed by atoms with E-state index < -0.39 is 5.60 Å². The smallest absolute Gasteiger partial charge is 0.407 e. The summed E-state index contributed by atoms with van der Waals surface area (Å²) >= 11 is 3.46. The molecule has 1 fully saturated rings. The van der Waals surface area contributed by atoms with E-state index in [0.717, 1.165) is 43.4 Å². The van der Waals surface area contributed by atoms with Gasteiger partial charge in [0.2, 0.25) is 0 Å². The van der Waals surface area contributed by atoms with E-state index in [1.54, 1.807) is 0 Å². The van der Waals surface area contributed by atoms with Crippen molar-refractivity contribution >= 4 is 22.0 Å². The van der Waals surface area contributed by atoms with Crippen LogP contribution in [-0.2, 0) is 11.2 Å². The molecule has 1 saturated heterocycles. The van der Waals surface area contributed by atoms with Crippen LogP contribution in [0, 0.1) is 0 Å². The third-order valence-electron chi connectivity index (χ3n) is 3.86. The highest BCUT2D eigenvalue weighted by Gasteiger charge is 2.23. The van der Waals surface area contributed by atoms with Crippen molar-refractivity contribution in [1.29, 1.82) is 0 Å². The number of hydrogen-bond acceptors (Lipinski definition) is 3. The van der Waals surface area contributed by atoms with E-state index in [4.69, 9.17) is 4.74 Å². The molecular formula is C18H27BrN2O2. The molecule has 4 nitrogen and oxygen atoms in total. The Balaban J connectivity index is 1.76. The van der Waals surface area contributed by atoms with Crippen LogP contribution < -0.4 is 5.32 Å². The highest BCUT2D eigenvalue weighted by molar-refractivity contribution is 9.10. The Hall–Kier alpha value is -1.07. The number of nitrogens with zero attached hydrogens (tertiary/aromatic N) is 1.